The van der Waals surface area contributed by atoms with E-state index in [0.717, 1.165) is 0 Å². The second-order valence-corrected chi connectivity index (χ2v) is 7.52. The van der Waals surface area contributed by atoms with Gasteiger partial charge in [0, 0.05) is 19.8 Å². The van der Waals surface area contributed by atoms with Crippen molar-refractivity contribution in [3.63, 3.8) is 0 Å². The van der Waals surface area contributed by atoms with Crippen LogP contribution in [0.2, 0.25) is 0 Å². The van der Waals surface area contributed by atoms with Crippen LogP contribution in [0.3, 0.4) is 0 Å². The Morgan fingerprint density at radius 1 is 0.840 bits per heavy atom. The summed E-state index contributed by atoms with van der Waals surface area (Å²) in [4.78, 5) is 2.13. The molecule has 2 aliphatic rings. The standard InChI is InChI=1S/C24H28N/c1-16(2)20-10-7-17(3)24-21(13-18(4)23(24)15-20)14-19-8-11-22(12-9-19)25(5)6/h7-16H,1-6H3/q-1. The number of fused-ring (bicyclic) bond motifs is 1. The minimum absolute atomic E-state index is 0.537. The van der Waals surface area contributed by atoms with Gasteiger partial charge in [-0.2, -0.15) is 0 Å². The molecule has 0 spiro atoms. The zero-order valence-electron chi connectivity index (χ0n) is 16.2. The molecule has 2 aliphatic carbocycles. The molecule has 130 valence electrons. The first-order valence-corrected chi connectivity index (χ1v) is 9.03. The van der Waals surface area contributed by atoms with Gasteiger partial charge in [0.15, 0.2) is 0 Å². The van der Waals surface area contributed by atoms with Crippen molar-refractivity contribution in [2.75, 3.05) is 19.0 Å². The summed E-state index contributed by atoms with van der Waals surface area (Å²) < 4.78 is 0. The Morgan fingerprint density at radius 3 is 2.12 bits per heavy atom. The molecule has 3 rings (SSSR count). The summed E-state index contributed by atoms with van der Waals surface area (Å²) >= 11 is 0. The fourth-order valence-corrected chi connectivity index (χ4v) is 3.40. The Hall–Kier alpha value is -2.41. The third kappa shape index (κ3) is 3.51. The van der Waals surface area contributed by atoms with Crippen molar-refractivity contribution in [1.29, 1.82) is 0 Å². The molecule has 0 saturated heterocycles. The third-order valence-electron chi connectivity index (χ3n) is 4.98. The van der Waals surface area contributed by atoms with Gasteiger partial charge in [-0.3, -0.25) is 0 Å². The lowest BCUT2D eigenvalue weighted by atomic mass is 9.98. The van der Waals surface area contributed by atoms with Gasteiger partial charge in [0.2, 0.25) is 0 Å². The lowest BCUT2D eigenvalue weighted by Crippen LogP contribution is -2.08. The molecule has 0 aliphatic heterocycles. The molecule has 0 saturated carbocycles. The van der Waals surface area contributed by atoms with Gasteiger partial charge < -0.3 is 4.90 Å². The second-order valence-electron chi connectivity index (χ2n) is 7.52. The molecule has 1 heteroatoms. The van der Waals surface area contributed by atoms with E-state index in [2.05, 4.69) is 102 Å². The van der Waals surface area contributed by atoms with Crippen LogP contribution in [0.15, 0.2) is 48.5 Å². The molecular formula is C24H28N-. The van der Waals surface area contributed by atoms with E-state index < -0.39 is 0 Å². The predicted molar refractivity (Wildman–Crippen MR) is 110 cm³/mol. The molecule has 1 aromatic rings. The molecule has 25 heavy (non-hydrogen) atoms. The number of benzene rings is 1. The number of hydrogen-bond donors (Lipinski definition) is 0. The summed E-state index contributed by atoms with van der Waals surface area (Å²) in [6.45, 7) is 8.96. The molecule has 1 aromatic carbocycles. The zero-order chi connectivity index (χ0) is 18.1. The largest absolute Gasteiger partial charge is 0.379 e. The Balaban J connectivity index is 2.01. The monoisotopic (exact) mass is 330 g/mol. The molecule has 0 bridgehead atoms. The Labute approximate surface area is 152 Å². The summed E-state index contributed by atoms with van der Waals surface area (Å²) in [5.41, 5.74) is 10.6. The van der Waals surface area contributed by atoms with E-state index in [1.54, 1.807) is 0 Å². The maximum absolute atomic E-state index is 2.37. The minimum Gasteiger partial charge on any atom is -0.379 e. The van der Waals surface area contributed by atoms with Crippen LogP contribution >= 0.6 is 0 Å². The van der Waals surface area contributed by atoms with Crippen molar-refractivity contribution in [1.82, 2.24) is 0 Å². The molecule has 0 atom stereocenters. The summed E-state index contributed by atoms with van der Waals surface area (Å²) in [6.07, 6.45) is 2.30. The topological polar surface area (TPSA) is 3.24 Å². The molecule has 0 radical (unpaired) electrons. The molecular weight excluding hydrogens is 302 g/mol. The second kappa shape index (κ2) is 6.84. The Bertz CT molecular complexity index is 841. The smallest absolute Gasteiger partial charge is 0.0210 e. The average molecular weight is 330 g/mol. The fourth-order valence-electron chi connectivity index (χ4n) is 3.40. The fraction of sp³-hybridized carbons (Fsp3) is 0.292. The van der Waals surface area contributed by atoms with E-state index in [4.69, 9.17) is 0 Å². The van der Waals surface area contributed by atoms with Gasteiger partial charge in [-0.25, -0.2) is 0 Å². The van der Waals surface area contributed by atoms with Crippen LogP contribution < -0.4 is 4.90 Å². The van der Waals surface area contributed by atoms with Gasteiger partial charge >= 0.3 is 0 Å². The van der Waals surface area contributed by atoms with Crippen LogP contribution in [0.4, 0.5) is 5.69 Å². The quantitative estimate of drug-likeness (QED) is 0.515. The van der Waals surface area contributed by atoms with Crippen LogP contribution in [0.5, 0.6) is 0 Å². The summed E-state index contributed by atoms with van der Waals surface area (Å²) in [7, 11) is 4.14. The zero-order valence-corrected chi connectivity index (χ0v) is 16.2. The number of hydrogen-bond acceptors (Lipinski definition) is 1. The SMILES string of the molecule is Cc1cc([CH-]c2ccc(N(C)C)cc2)c2c(C)ccc(C(C)C)cc1-2. The molecule has 0 heterocycles. The first kappa shape index (κ1) is 17.4. The van der Waals surface area contributed by atoms with Gasteiger partial charge in [0.1, 0.15) is 0 Å². The Kier molecular flexibility index (Phi) is 4.76. The van der Waals surface area contributed by atoms with Crippen LogP contribution in [0.25, 0.3) is 11.1 Å². The number of rotatable bonds is 4. The highest BCUT2D eigenvalue weighted by atomic mass is 15.1. The molecule has 0 N–H and O–H groups in total. The number of anilines is 1. The average Bonchev–Trinajstić information content (AvgIpc) is 2.75. The Morgan fingerprint density at radius 2 is 1.52 bits per heavy atom. The van der Waals surface area contributed by atoms with Crippen molar-refractivity contribution in [2.24, 2.45) is 0 Å². The predicted octanol–water partition coefficient (Wildman–Crippen LogP) is 6.20. The molecule has 0 unspecified atom stereocenters. The van der Waals surface area contributed by atoms with E-state index in [1.807, 2.05) is 0 Å². The highest BCUT2D eigenvalue weighted by Gasteiger charge is 2.12. The van der Waals surface area contributed by atoms with Gasteiger partial charge in [0.25, 0.3) is 0 Å². The first-order chi connectivity index (χ1) is 11.9. The van der Waals surface area contributed by atoms with E-state index in [1.165, 1.54) is 44.6 Å². The maximum atomic E-state index is 2.37. The summed E-state index contributed by atoms with van der Waals surface area (Å²) in [5, 5.41) is 0. The highest BCUT2D eigenvalue weighted by molar-refractivity contribution is 5.80. The molecule has 0 amide bonds. The van der Waals surface area contributed by atoms with Gasteiger partial charge in [-0.1, -0.05) is 66.4 Å². The highest BCUT2D eigenvalue weighted by Crippen LogP contribution is 2.37. The van der Waals surface area contributed by atoms with E-state index in [9.17, 15) is 0 Å². The third-order valence-corrected chi connectivity index (χ3v) is 4.98. The lowest BCUT2D eigenvalue weighted by molar-refractivity contribution is 0.868. The normalized spacial score (nSPS) is 11.2. The summed E-state index contributed by atoms with van der Waals surface area (Å²) in [5.74, 6) is 0.537. The van der Waals surface area contributed by atoms with Crippen LogP contribution in [0, 0.1) is 20.3 Å². The minimum atomic E-state index is 0.537. The van der Waals surface area contributed by atoms with Crippen molar-refractivity contribution < 1.29 is 0 Å². The molecule has 0 fully saturated rings. The van der Waals surface area contributed by atoms with Crippen LogP contribution in [0.1, 0.15) is 47.6 Å². The molecule has 1 nitrogen and oxygen atoms in total. The van der Waals surface area contributed by atoms with Crippen molar-refractivity contribution in [3.05, 3.63) is 82.8 Å². The van der Waals surface area contributed by atoms with E-state index >= 15 is 0 Å². The van der Waals surface area contributed by atoms with Crippen molar-refractivity contribution >= 4 is 5.69 Å². The first-order valence-electron chi connectivity index (χ1n) is 9.03. The summed E-state index contributed by atoms with van der Waals surface area (Å²) in [6, 6.07) is 18.0. The van der Waals surface area contributed by atoms with Crippen LogP contribution in [-0.2, 0) is 0 Å². The lowest BCUT2D eigenvalue weighted by Gasteiger charge is -2.16. The van der Waals surface area contributed by atoms with Gasteiger partial charge in [-0.05, 0) is 25.3 Å². The number of nitrogens with zero attached hydrogens (tertiary/aromatic N) is 1. The molecule has 0 aromatic heterocycles. The van der Waals surface area contributed by atoms with Crippen molar-refractivity contribution in [2.45, 2.75) is 33.6 Å². The number of aryl methyl sites for hydroxylation is 2. The van der Waals surface area contributed by atoms with Crippen LogP contribution in [-0.4, -0.2) is 14.1 Å². The maximum Gasteiger partial charge on any atom is 0.0210 e. The van der Waals surface area contributed by atoms with Gasteiger partial charge in [0.05, 0.1) is 0 Å². The van der Waals surface area contributed by atoms with Crippen molar-refractivity contribution in [3.8, 4) is 11.1 Å². The van der Waals surface area contributed by atoms with Gasteiger partial charge in [-0.15, -0.1) is 35.7 Å². The van der Waals surface area contributed by atoms with E-state index in [-0.39, 0.29) is 0 Å². The van der Waals surface area contributed by atoms with E-state index in [0.29, 0.717) is 5.92 Å².